The van der Waals surface area contributed by atoms with Crippen LogP contribution in [-0.4, -0.2) is 46.4 Å². The lowest BCUT2D eigenvalue weighted by Gasteiger charge is -2.39. The van der Waals surface area contributed by atoms with E-state index in [1.54, 1.807) is 0 Å². The summed E-state index contributed by atoms with van der Waals surface area (Å²) in [6.45, 7) is 5.41. The van der Waals surface area contributed by atoms with Crippen molar-refractivity contribution < 1.29 is 5.11 Å². The molecule has 0 aromatic carbocycles. The molecule has 4 heteroatoms. The van der Waals surface area contributed by atoms with Crippen LogP contribution in [0.2, 0.25) is 0 Å². The molecule has 1 aliphatic rings. The molecule has 4 nitrogen and oxygen atoms in total. The van der Waals surface area contributed by atoms with Crippen LogP contribution >= 0.6 is 0 Å². The molecule has 1 fully saturated rings. The van der Waals surface area contributed by atoms with Gasteiger partial charge >= 0.3 is 0 Å². The lowest BCUT2D eigenvalue weighted by atomic mass is 9.79. The molecule has 0 radical (unpaired) electrons. The number of aliphatic hydroxyl groups is 1. The van der Waals surface area contributed by atoms with E-state index in [0.717, 1.165) is 19.6 Å². The van der Waals surface area contributed by atoms with Crippen molar-refractivity contribution in [1.29, 1.82) is 0 Å². The van der Waals surface area contributed by atoms with E-state index >= 15 is 0 Å². The third kappa shape index (κ3) is 2.21. The van der Waals surface area contributed by atoms with Gasteiger partial charge in [-0.1, -0.05) is 6.92 Å². The maximum Gasteiger partial charge on any atom is 0.0558 e. The lowest BCUT2D eigenvalue weighted by Crippen LogP contribution is -2.45. The average Bonchev–Trinajstić information content (AvgIpc) is 2.71. The van der Waals surface area contributed by atoms with Crippen molar-refractivity contribution in [3.05, 3.63) is 18.0 Å². The van der Waals surface area contributed by atoms with Crippen LogP contribution in [0.15, 0.2) is 12.3 Å². The fourth-order valence-corrected chi connectivity index (χ4v) is 2.49. The molecule has 2 N–H and O–H groups in total. The summed E-state index contributed by atoms with van der Waals surface area (Å²) in [5.74, 6) is 0. The van der Waals surface area contributed by atoms with Crippen LogP contribution in [0.25, 0.3) is 0 Å². The van der Waals surface area contributed by atoms with Crippen molar-refractivity contribution in [2.45, 2.75) is 25.2 Å². The fourth-order valence-electron chi connectivity index (χ4n) is 2.49. The van der Waals surface area contributed by atoms with Crippen LogP contribution in [0.5, 0.6) is 0 Å². The lowest BCUT2D eigenvalue weighted by molar-refractivity contribution is 0.126. The number of hydrogen-bond donors (Lipinski definition) is 2. The number of aromatic nitrogens is 2. The third-order valence-electron chi connectivity index (χ3n) is 3.34. The second-order valence-corrected chi connectivity index (χ2v) is 4.63. The van der Waals surface area contributed by atoms with Gasteiger partial charge in [0.1, 0.15) is 0 Å². The van der Waals surface area contributed by atoms with Gasteiger partial charge in [-0.3, -0.25) is 5.10 Å². The second kappa shape index (κ2) is 4.33. The molecule has 0 aliphatic carbocycles. The standard InChI is InChI=1S/C11H19N3O/c1-11(10-3-5-12-13-10)4-2-6-14(9-11)7-8-15/h3,5,15H,2,4,6-9H2,1H3,(H,12,13)/t11-/m1/s1. The monoisotopic (exact) mass is 209 g/mol. The van der Waals surface area contributed by atoms with Crippen molar-refractivity contribution in [3.63, 3.8) is 0 Å². The number of aromatic amines is 1. The summed E-state index contributed by atoms with van der Waals surface area (Å²) in [6, 6.07) is 2.06. The normalized spacial score (nSPS) is 28.1. The molecule has 1 aromatic rings. The minimum atomic E-state index is 0.171. The van der Waals surface area contributed by atoms with Gasteiger partial charge in [0.15, 0.2) is 0 Å². The molecule has 84 valence electrons. The number of aliphatic hydroxyl groups excluding tert-OH is 1. The molecular formula is C11H19N3O. The van der Waals surface area contributed by atoms with Crippen molar-refractivity contribution in [3.8, 4) is 0 Å². The molecule has 1 atom stereocenters. The van der Waals surface area contributed by atoms with Gasteiger partial charge in [0.25, 0.3) is 0 Å². The van der Waals surface area contributed by atoms with E-state index in [9.17, 15) is 0 Å². The Morgan fingerprint density at radius 1 is 1.67 bits per heavy atom. The highest BCUT2D eigenvalue weighted by Gasteiger charge is 2.33. The Kier molecular flexibility index (Phi) is 3.07. The Hall–Kier alpha value is -0.870. The molecule has 0 amide bonds. The number of H-pyrrole nitrogens is 1. The molecule has 0 unspecified atom stereocenters. The fraction of sp³-hybridized carbons (Fsp3) is 0.727. The zero-order valence-corrected chi connectivity index (χ0v) is 9.24. The SMILES string of the molecule is C[C@@]1(c2ccn[nH]2)CCCN(CCO)C1. The summed E-state index contributed by atoms with van der Waals surface area (Å²) in [6.07, 6.45) is 4.19. The minimum Gasteiger partial charge on any atom is -0.395 e. The van der Waals surface area contributed by atoms with Crippen LogP contribution in [0.4, 0.5) is 0 Å². The van der Waals surface area contributed by atoms with E-state index in [4.69, 9.17) is 5.11 Å². The smallest absolute Gasteiger partial charge is 0.0558 e. The average molecular weight is 209 g/mol. The zero-order chi connectivity index (χ0) is 10.7. The maximum atomic E-state index is 8.96. The van der Waals surface area contributed by atoms with Crippen LogP contribution in [0.1, 0.15) is 25.5 Å². The van der Waals surface area contributed by atoms with Gasteiger partial charge in [-0.15, -0.1) is 0 Å². The topological polar surface area (TPSA) is 52.2 Å². The van der Waals surface area contributed by atoms with Crippen molar-refractivity contribution in [2.75, 3.05) is 26.2 Å². The molecular weight excluding hydrogens is 190 g/mol. The van der Waals surface area contributed by atoms with Gasteiger partial charge in [-0.25, -0.2) is 0 Å². The Balaban J connectivity index is 2.08. The number of piperidine rings is 1. The molecule has 1 saturated heterocycles. The van der Waals surface area contributed by atoms with Gasteiger partial charge in [0, 0.05) is 30.4 Å². The quantitative estimate of drug-likeness (QED) is 0.772. The molecule has 0 bridgehead atoms. The molecule has 1 aromatic heterocycles. The highest BCUT2D eigenvalue weighted by atomic mass is 16.3. The van der Waals surface area contributed by atoms with Crippen molar-refractivity contribution >= 4 is 0 Å². The highest BCUT2D eigenvalue weighted by molar-refractivity contribution is 5.15. The first-order valence-electron chi connectivity index (χ1n) is 5.58. The summed E-state index contributed by atoms with van der Waals surface area (Å²) in [5, 5.41) is 16.0. The maximum absolute atomic E-state index is 8.96. The highest BCUT2D eigenvalue weighted by Crippen LogP contribution is 2.31. The number of likely N-dealkylation sites (tertiary alicyclic amines) is 1. The first-order valence-corrected chi connectivity index (χ1v) is 5.58. The summed E-state index contributed by atoms with van der Waals surface area (Å²) in [4.78, 5) is 2.32. The molecule has 2 heterocycles. The van der Waals surface area contributed by atoms with E-state index in [1.807, 2.05) is 6.20 Å². The predicted octanol–water partition coefficient (Wildman–Crippen LogP) is 0.755. The minimum absolute atomic E-state index is 0.171. The van der Waals surface area contributed by atoms with Crippen molar-refractivity contribution in [2.24, 2.45) is 0 Å². The number of rotatable bonds is 3. The van der Waals surface area contributed by atoms with Gasteiger partial charge in [0.2, 0.25) is 0 Å². The second-order valence-electron chi connectivity index (χ2n) is 4.63. The summed E-state index contributed by atoms with van der Waals surface area (Å²) >= 11 is 0. The Labute approximate surface area is 90.3 Å². The zero-order valence-electron chi connectivity index (χ0n) is 9.24. The predicted molar refractivity (Wildman–Crippen MR) is 58.7 cm³/mol. The molecule has 0 spiro atoms. The van der Waals surface area contributed by atoms with Crippen LogP contribution < -0.4 is 0 Å². The number of β-amino-alcohol motifs (C(OH)–C–C–N with tert-alkyl or cyclic N) is 1. The summed E-state index contributed by atoms with van der Waals surface area (Å²) < 4.78 is 0. The largest absolute Gasteiger partial charge is 0.395 e. The van der Waals surface area contributed by atoms with Crippen molar-refractivity contribution in [1.82, 2.24) is 15.1 Å². The van der Waals surface area contributed by atoms with Gasteiger partial charge in [-0.2, -0.15) is 5.10 Å². The van der Waals surface area contributed by atoms with E-state index in [-0.39, 0.29) is 12.0 Å². The van der Waals surface area contributed by atoms with Crippen LogP contribution in [0.3, 0.4) is 0 Å². The first kappa shape index (κ1) is 10.6. The molecule has 0 saturated carbocycles. The number of nitrogens with one attached hydrogen (secondary N) is 1. The molecule has 15 heavy (non-hydrogen) atoms. The van der Waals surface area contributed by atoms with E-state index in [2.05, 4.69) is 28.1 Å². The molecule has 1 aliphatic heterocycles. The summed E-state index contributed by atoms with van der Waals surface area (Å²) in [7, 11) is 0. The van der Waals surface area contributed by atoms with Gasteiger partial charge < -0.3 is 10.0 Å². The van der Waals surface area contributed by atoms with E-state index in [1.165, 1.54) is 18.5 Å². The third-order valence-corrected chi connectivity index (χ3v) is 3.34. The Morgan fingerprint density at radius 2 is 2.53 bits per heavy atom. The van der Waals surface area contributed by atoms with Crippen LogP contribution in [-0.2, 0) is 5.41 Å². The van der Waals surface area contributed by atoms with E-state index in [0.29, 0.717) is 0 Å². The number of nitrogens with zero attached hydrogens (tertiary/aromatic N) is 2. The van der Waals surface area contributed by atoms with Gasteiger partial charge in [0.05, 0.1) is 6.61 Å². The van der Waals surface area contributed by atoms with Gasteiger partial charge in [-0.05, 0) is 25.5 Å². The number of hydrogen-bond acceptors (Lipinski definition) is 3. The Morgan fingerprint density at radius 3 is 3.20 bits per heavy atom. The van der Waals surface area contributed by atoms with Crippen LogP contribution in [0, 0.1) is 0 Å². The Bertz CT molecular complexity index is 297. The van der Waals surface area contributed by atoms with E-state index < -0.39 is 0 Å². The first-order chi connectivity index (χ1) is 7.24. The molecule has 2 rings (SSSR count). The summed E-state index contributed by atoms with van der Waals surface area (Å²) in [5.41, 5.74) is 1.38.